The van der Waals surface area contributed by atoms with Crippen molar-refractivity contribution in [2.45, 2.75) is 24.9 Å². The zero-order valence-corrected chi connectivity index (χ0v) is 13.2. The number of hydrogen-bond acceptors (Lipinski definition) is 4. The average molecular weight is 313 g/mol. The zero-order valence-electron chi connectivity index (χ0n) is 12.4. The average Bonchev–Trinajstić information content (AvgIpc) is 2.85. The normalized spacial score (nSPS) is 22.4. The molecule has 1 aromatic carbocycles. The first-order valence-corrected chi connectivity index (χ1v) is 7.27. The van der Waals surface area contributed by atoms with Crippen molar-refractivity contribution in [3.63, 3.8) is 0 Å². The highest BCUT2D eigenvalue weighted by molar-refractivity contribution is 6.30. The Morgan fingerprint density at radius 2 is 2.24 bits per heavy atom. The number of hydrogen-bond donors (Lipinski definition) is 1. The first-order valence-electron chi connectivity index (χ1n) is 6.90. The molecule has 1 amide bonds. The van der Waals surface area contributed by atoms with E-state index < -0.39 is 5.54 Å². The highest BCUT2D eigenvalue weighted by atomic mass is 35.5. The summed E-state index contributed by atoms with van der Waals surface area (Å²) in [6, 6.07) is 5.50. The van der Waals surface area contributed by atoms with Gasteiger partial charge in [-0.3, -0.25) is 9.69 Å². The van der Waals surface area contributed by atoms with Gasteiger partial charge >= 0.3 is 0 Å². The third-order valence-electron chi connectivity index (χ3n) is 4.08. The van der Waals surface area contributed by atoms with Crippen LogP contribution < -0.4 is 10.5 Å². The zero-order chi connectivity index (χ0) is 15.5. The summed E-state index contributed by atoms with van der Waals surface area (Å²) in [4.78, 5) is 14.0. The van der Waals surface area contributed by atoms with Crippen LogP contribution in [0.5, 0.6) is 5.75 Å². The topological polar surface area (TPSA) is 64.8 Å². The maximum atomic E-state index is 12.0. The van der Waals surface area contributed by atoms with Gasteiger partial charge in [0.25, 0.3) is 0 Å². The summed E-state index contributed by atoms with van der Waals surface area (Å²) in [5.41, 5.74) is 5.89. The van der Waals surface area contributed by atoms with Gasteiger partial charge in [-0.15, -0.1) is 0 Å². The molecule has 0 spiro atoms. The molecular formula is C15H21ClN2O3. The number of halogens is 1. The van der Waals surface area contributed by atoms with E-state index in [-0.39, 0.29) is 5.91 Å². The van der Waals surface area contributed by atoms with Crippen molar-refractivity contribution in [1.82, 2.24) is 4.90 Å². The van der Waals surface area contributed by atoms with E-state index in [0.717, 1.165) is 18.5 Å². The number of amides is 1. The van der Waals surface area contributed by atoms with Crippen molar-refractivity contribution in [1.29, 1.82) is 0 Å². The van der Waals surface area contributed by atoms with Gasteiger partial charge in [0.05, 0.1) is 13.7 Å². The second-order valence-electron chi connectivity index (χ2n) is 5.31. The minimum Gasteiger partial charge on any atom is -0.496 e. The van der Waals surface area contributed by atoms with Crippen LogP contribution in [0.1, 0.15) is 18.4 Å². The quantitative estimate of drug-likeness (QED) is 0.870. The minimum atomic E-state index is -0.737. The smallest absolute Gasteiger partial charge is 0.240 e. The number of methoxy groups -OCH3 is 2. The number of primary amides is 1. The number of benzene rings is 1. The Kier molecular flexibility index (Phi) is 5.08. The summed E-state index contributed by atoms with van der Waals surface area (Å²) < 4.78 is 10.6. The summed E-state index contributed by atoms with van der Waals surface area (Å²) >= 11 is 5.98. The molecular weight excluding hydrogens is 292 g/mol. The van der Waals surface area contributed by atoms with Crippen molar-refractivity contribution in [3.05, 3.63) is 28.8 Å². The summed E-state index contributed by atoms with van der Waals surface area (Å²) in [6.45, 7) is 1.68. The lowest BCUT2D eigenvalue weighted by molar-refractivity contribution is -0.132. The Hall–Kier alpha value is -1.30. The molecule has 1 aromatic rings. The van der Waals surface area contributed by atoms with Crippen molar-refractivity contribution in [3.8, 4) is 5.75 Å². The van der Waals surface area contributed by atoms with E-state index in [9.17, 15) is 4.79 Å². The Morgan fingerprint density at radius 1 is 1.48 bits per heavy atom. The molecule has 0 radical (unpaired) electrons. The summed E-state index contributed by atoms with van der Waals surface area (Å²) in [5.74, 6) is 0.375. The molecule has 1 aliphatic heterocycles. The van der Waals surface area contributed by atoms with Gasteiger partial charge < -0.3 is 15.2 Å². The third kappa shape index (κ3) is 3.15. The van der Waals surface area contributed by atoms with Gasteiger partial charge in [-0.05, 0) is 31.5 Å². The first-order chi connectivity index (χ1) is 10.0. The van der Waals surface area contributed by atoms with Crippen LogP contribution in [0.15, 0.2) is 18.2 Å². The molecule has 21 heavy (non-hydrogen) atoms. The summed E-state index contributed by atoms with van der Waals surface area (Å²) in [5, 5.41) is 0.620. The lowest BCUT2D eigenvalue weighted by Gasteiger charge is -2.35. The molecule has 0 aliphatic carbocycles. The number of likely N-dealkylation sites (tertiary alicyclic amines) is 1. The number of nitrogens with two attached hydrogens (primary N) is 1. The van der Waals surface area contributed by atoms with Gasteiger partial charge in [0.2, 0.25) is 5.91 Å². The van der Waals surface area contributed by atoms with Gasteiger partial charge in [0, 0.05) is 24.2 Å². The second-order valence-corrected chi connectivity index (χ2v) is 5.75. The molecule has 0 aromatic heterocycles. The Bertz CT molecular complexity index is 524. The molecule has 1 saturated heterocycles. The number of rotatable bonds is 6. The third-order valence-corrected chi connectivity index (χ3v) is 4.31. The first kappa shape index (κ1) is 16.1. The van der Waals surface area contributed by atoms with Crippen molar-refractivity contribution < 1.29 is 14.3 Å². The standard InChI is InChI=1S/C15H21ClN2O3/c1-20-10-15(14(17)19)6-3-7-18(15)9-11-4-5-12(16)8-13(11)21-2/h4-5,8H,3,6-7,9-10H2,1-2H3,(H2,17,19). The van der Waals surface area contributed by atoms with Crippen LogP contribution in [0.2, 0.25) is 5.02 Å². The molecule has 1 heterocycles. The van der Waals surface area contributed by atoms with Gasteiger partial charge in [-0.2, -0.15) is 0 Å². The van der Waals surface area contributed by atoms with E-state index in [1.54, 1.807) is 20.3 Å². The molecule has 0 saturated carbocycles. The van der Waals surface area contributed by atoms with Crippen LogP contribution in [-0.2, 0) is 16.1 Å². The summed E-state index contributed by atoms with van der Waals surface area (Å²) in [7, 11) is 3.19. The van der Waals surface area contributed by atoms with E-state index in [1.165, 1.54) is 0 Å². The SMILES string of the molecule is COCC1(C(N)=O)CCCN1Cc1ccc(Cl)cc1OC. The Morgan fingerprint density at radius 3 is 2.86 bits per heavy atom. The molecule has 6 heteroatoms. The largest absolute Gasteiger partial charge is 0.496 e. The van der Waals surface area contributed by atoms with Crippen LogP contribution in [-0.4, -0.2) is 43.7 Å². The van der Waals surface area contributed by atoms with E-state index in [0.29, 0.717) is 30.3 Å². The molecule has 5 nitrogen and oxygen atoms in total. The monoisotopic (exact) mass is 312 g/mol. The predicted molar refractivity (Wildman–Crippen MR) is 81.4 cm³/mol. The van der Waals surface area contributed by atoms with Crippen molar-refractivity contribution >= 4 is 17.5 Å². The van der Waals surface area contributed by atoms with E-state index >= 15 is 0 Å². The molecule has 2 N–H and O–H groups in total. The van der Waals surface area contributed by atoms with Crippen LogP contribution in [0, 0.1) is 0 Å². The maximum absolute atomic E-state index is 12.0. The number of carbonyl (C=O) groups excluding carboxylic acids is 1. The van der Waals surface area contributed by atoms with Crippen LogP contribution in [0.25, 0.3) is 0 Å². The van der Waals surface area contributed by atoms with Gasteiger partial charge in [-0.1, -0.05) is 17.7 Å². The van der Waals surface area contributed by atoms with Crippen LogP contribution in [0.3, 0.4) is 0 Å². The summed E-state index contributed by atoms with van der Waals surface area (Å²) in [6.07, 6.45) is 1.63. The predicted octanol–water partition coefficient (Wildman–Crippen LogP) is 1.81. The molecule has 116 valence electrons. The maximum Gasteiger partial charge on any atom is 0.240 e. The number of nitrogens with zero attached hydrogens (tertiary/aromatic N) is 1. The molecule has 1 aliphatic rings. The molecule has 0 bridgehead atoms. The molecule has 2 rings (SSSR count). The van der Waals surface area contributed by atoms with Crippen LogP contribution in [0.4, 0.5) is 0 Å². The van der Waals surface area contributed by atoms with Gasteiger partial charge in [0.1, 0.15) is 11.3 Å². The van der Waals surface area contributed by atoms with Gasteiger partial charge in [0.15, 0.2) is 0 Å². The van der Waals surface area contributed by atoms with E-state index in [4.69, 9.17) is 26.8 Å². The van der Waals surface area contributed by atoms with Crippen molar-refractivity contribution in [2.75, 3.05) is 27.4 Å². The fourth-order valence-corrected chi connectivity index (χ4v) is 3.13. The highest BCUT2D eigenvalue weighted by Gasteiger charge is 2.46. The molecule has 1 atom stereocenters. The molecule has 1 fully saturated rings. The lowest BCUT2D eigenvalue weighted by Crippen LogP contribution is -2.56. The minimum absolute atomic E-state index is 0.304. The number of ether oxygens (including phenoxy) is 2. The molecule has 1 unspecified atom stereocenters. The van der Waals surface area contributed by atoms with Gasteiger partial charge in [-0.25, -0.2) is 0 Å². The van der Waals surface area contributed by atoms with Crippen molar-refractivity contribution in [2.24, 2.45) is 5.73 Å². The fourth-order valence-electron chi connectivity index (χ4n) is 2.97. The van der Waals surface area contributed by atoms with E-state index in [1.807, 2.05) is 12.1 Å². The Labute approximate surface area is 130 Å². The highest BCUT2D eigenvalue weighted by Crippen LogP contribution is 2.33. The fraction of sp³-hybridized carbons (Fsp3) is 0.533. The number of carbonyl (C=O) groups is 1. The lowest BCUT2D eigenvalue weighted by atomic mass is 9.95. The second kappa shape index (κ2) is 6.64. The van der Waals surface area contributed by atoms with Crippen LogP contribution >= 0.6 is 11.6 Å². The van der Waals surface area contributed by atoms with E-state index in [2.05, 4.69) is 4.90 Å². The Balaban J connectivity index is 2.27.